The normalized spacial score (nSPS) is 12.1. The van der Waals surface area contributed by atoms with Crippen LogP contribution in [0.3, 0.4) is 0 Å². The first-order valence-corrected chi connectivity index (χ1v) is 17.1. The molecule has 234 valence electrons. The Bertz CT molecular complexity index is 3150. The standard InChI is InChI=1S/C47H29NO2/c1-28-12-2-10-20-40(28)48(29-22-23-35-34-17-9-11-21-42(34)49-43(35)26-29)41-27-44-45(37-19-8-6-16-33(37)41)39-25-24-38-32-15-4-3-13-30(32)31-14-5-7-18-36(31)46(38)47(39)50-44/h2-27H,1H3. The molecule has 2 heterocycles. The summed E-state index contributed by atoms with van der Waals surface area (Å²) in [7, 11) is 0. The molecule has 0 saturated heterocycles. The first-order chi connectivity index (χ1) is 24.7. The highest BCUT2D eigenvalue weighted by atomic mass is 16.3. The number of hydrogen-bond donors (Lipinski definition) is 0. The van der Waals surface area contributed by atoms with E-state index in [9.17, 15) is 0 Å². The Labute approximate surface area is 287 Å². The van der Waals surface area contributed by atoms with Gasteiger partial charge in [-0.05, 0) is 75.1 Å². The molecule has 0 aliphatic rings. The summed E-state index contributed by atoms with van der Waals surface area (Å²) in [6.07, 6.45) is 0. The largest absolute Gasteiger partial charge is 0.456 e. The molecule has 0 fully saturated rings. The van der Waals surface area contributed by atoms with Gasteiger partial charge in [0.1, 0.15) is 22.3 Å². The zero-order chi connectivity index (χ0) is 32.9. The first kappa shape index (κ1) is 27.4. The molecule has 0 unspecified atom stereocenters. The second-order valence-electron chi connectivity index (χ2n) is 13.3. The van der Waals surface area contributed by atoms with Crippen LogP contribution in [0.2, 0.25) is 0 Å². The second-order valence-corrected chi connectivity index (χ2v) is 13.3. The van der Waals surface area contributed by atoms with Crippen molar-refractivity contribution < 1.29 is 8.83 Å². The van der Waals surface area contributed by atoms with Gasteiger partial charge in [-0.3, -0.25) is 0 Å². The van der Waals surface area contributed by atoms with Crippen LogP contribution >= 0.6 is 0 Å². The van der Waals surface area contributed by atoms with Crippen molar-refractivity contribution in [2.24, 2.45) is 0 Å². The lowest BCUT2D eigenvalue weighted by Crippen LogP contribution is -2.11. The first-order valence-electron chi connectivity index (χ1n) is 17.1. The van der Waals surface area contributed by atoms with Crippen LogP contribution in [-0.2, 0) is 0 Å². The van der Waals surface area contributed by atoms with Gasteiger partial charge in [-0.15, -0.1) is 0 Å². The van der Waals surface area contributed by atoms with E-state index in [1.807, 2.05) is 12.1 Å². The second kappa shape index (κ2) is 10.2. The highest BCUT2D eigenvalue weighted by Gasteiger charge is 2.23. The van der Waals surface area contributed by atoms with E-state index in [1.165, 1.54) is 32.5 Å². The lowest BCUT2D eigenvalue weighted by Gasteiger charge is -2.28. The molecule has 0 aliphatic heterocycles. The molecular weight excluding hydrogens is 611 g/mol. The minimum atomic E-state index is 0.863. The zero-order valence-electron chi connectivity index (χ0n) is 27.3. The van der Waals surface area contributed by atoms with E-state index in [0.29, 0.717) is 0 Å². The molecule has 0 radical (unpaired) electrons. The Morgan fingerprint density at radius 1 is 0.360 bits per heavy atom. The van der Waals surface area contributed by atoms with Crippen molar-refractivity contribution in [3.8, 4) is 0 Å². The van der Waals surface area contributed by atoms with Crippen molar-refractivity contribution in [2.45, 2.75) is 6.92 Å². The molecule has 11 aromatic rings. The Kier molecular flexibility index (Phi) is 5.59. The molecule has 50 heavy (non-hydrogen) atoms. The van der Waals surface area contributed by atoms with Gasteiger partial charge in [-0.1, -0.05) is 115 Å². The van der Waals surface area contributed by atoms with E-state index in [1.54, 1.807) is 0 Å². The lowest BCUT2D eigenvalue weighted by molar-refractivity contribution is 0.669. The Morgan fingerprint density at radius 2 is 0.900 bits per heavy atom. The van der Waals surface area contributed by atoms with Crippen molar-refractivity contribution in [2.75, 3.05) is 4.90 Å². The third-order valence-corrected chi connectivity index (χ3v) is 10.5. The summed E-state index contributed by atoms with van der Waals surface area (Å²) in [5.41, 5.74) is 7.90. The van der Waals surface area contributed by atoms with E-state index < -0.39 is 0 Å². The van der Waals surface area contributed by atoms with Crippen molar-refractivity contribution in [3.05, 3.63) is 163 Å². The third kappa shape index (κ3) is 3.75. The van der Waals surface area contributed by atoms with Gasteiger partial charge in [-0.2, -0.15) is 0 Å². The van der Waals surface area contributed by atoms with Gasteiger partial charge in [0.15, 0.2) is 0 Å². The fraction of sp³-hybridized carbons (Fsp3) is 0.0213. The number of anilines is 3. The van der Waals surface area contributed by atoms with Gasteiger partial charge >= 0.3 is 0 Å². The van der Waals surface area contributed by atoms with Crippen LogP contribution in [0, 0.1) is 6.92 Å². The monoisotopic (exact) mass is 639 g/mol. The predicted molar refractivity (Wildman–Crippen MR) is 210 cm³/mol. The number of rotatable bonds is 3. The fourth-order valence-electron chi connectivity index (χ4n) is 8.33. The maximum atomic E-state index is 7.09. The van der Waals surface area contributed by atoms with E-state index in [-0.39, 0.29) is 0 Å². The van der Waals surface area contributed by atoms with Gasteiger partial charge in [0.05, 0.1) is 5.69 Å². The SMILES string of the molecule is Cc1ccccc1N(c1ccc2c(c1)oc1ccccc12)c1cc2oc3c(ccc4c5ccccc5c5ccccc5c43)c2c2ccccc12. The van der Waals surface area contributed by atoms with Gasteiger partial charge in [0.25, 0.3) is 0 Å². The molecule has 2 aromatic heterocycles. The molecule has 9 aromatic carbocycles. The molecule has 3 nitrogen and oxygen atoms in total. The molecular formula is C47H29NO2. The number of furan rings is 2. The highest BCUT2D eigenvalue weighted by Crippen LogP contribution is 2.48. The van der Waals surface area contributed by atoms with Crippen LogP contribution < -0.4 is 4.90 Å². The third-order valence-electron chi connectivity index (χ3n) is 10.5. The Hall–Kier alpha value is -6.58. The summed E-state index contributed by atoms with van der Waals surface area (Å²) in [5.74, 6) is 0. The highest BCUT2D eigenvalue weighted by molar-refractivity contribution is 6.34. The van der Waals surface area contributed by atoms with Gasteiger partial charge in [-0.25, -0.2) is 0 Å². The van der Waals surface area contributed by atoms with Crippen LogP contribution in [-0.4, -0.2) is 0 Å². The number of fused-ring (bicyclic) bond motifs is 15. The predicted octanol–water partition coefficient (Wildman–Crippen LogP) is 13.9. The minimum Gasteiger partial charge on any atom is -0.456 e. The van der Waals surface area contributed by atoms with E-state index in [0.717, 1.165) is 77.1 Å². The van der Waals surface area contributed by atoms with Crippen LogP contribution in [0.5, 0.6) is 0 Å². The minimum absolute atomic E-state index is 0.863. The van der Waals surface area contributed by atoms with Crippen LogP contribution in [0.25, 0.3) is 87.0 Å². The van der Waals surface area contributed by atoms with Gasteiger partial charge in [0, 0.05) is 55.8 Å². The maximum Gasteiger partial charge on any atom is 0.143 e. The molecule has 0 spiro atoms. The zero-order valence-corrected chi connectivity index (χ0v) is 27.3. The van der Waals surface area contributed by atoms with E-state index in [4.69, 9.17) is 8.83 Å². The van der Waals surface area contributed by atoms with Crippen LogP contribution in [0.4, 0.5) is 17.1 Å². The molecule has 11 rings (SSSR count). The average Bonchev–Trinajstić information content (AvgIpc) is 3.74. The molecule has 0 atom stereocenters. The fourth-order valence-corrected chi connectivity index (χ4v) is 8.33. The van der Waals surface area contributed by atoms with Gasteiger partial charge in [0.2, 0.25) is 0 Å². The lowest BCUT2D eigenvalue weighted by atomic mass is 9.92. The number of aryl methyl sites for hydroxylation is 1. The van der Waals surface area contributed by atoms with Crippen LogP contribution in [0.1, 0.15) is 5.56 Å². The Balaban J connectivity index is 1.25. The summed E-state index contributed by atoms with van der Waals surface area (Å²) in [6.45, 7) is 2.17. The van der Waals surface area contributed by atoms with E-state index in [2.05, 4.69) is 157 Å². The molecule has 0 N–H and O–H groups in total. The maximum absolute atomic E-state index is 7.09. The van der Waals surface area contributed by atoms with Crippen molar-refractivity contribution in [1.82, 2.24) is 0 Å². The summed E-state index contributed by atoms with van der Waals surface area (Å²) >= 11 is 0. The molecule has 0 saturated carbocycles. The van der Waals surface area contributed by atoms with Gasteiger partial charge < -0.3 is 13.7 Å². The number of nitrogens with zero attached hydrogens (tertiary/aromatic N) is 1. The quantitative estimate of drug-likeness (QED) is 0.180. The topological polar surface area (TPSA) is 29.5 Å². The van der Waals surface area contributed by atoms with Crippen LogP contribution in [0.15, 0.2) is 167 Å². The number of para-hydroxylation sites is 2. The molecule has 3 heteroatoms. The smallest absolute Gasteiger partial charge is 0.143 e. The van der Waals surface area contributed by atoms with E-state index >= 15 is 0 Å². The summed E-state index contributed by atoms with van der Waals surface area (Å²) in [5, 5.41) is 14.1. The van der Waals surface area contributed by atoms with Crippen molar-refractivity contribution in [1.29, 1.82) is 0 Å². The van der Waals surface area contributed by atoms with Crippen molar-refractivity contribution >= 4 is 104 Å². The molecule has 0 bridgehead atoms. The summed E-state index contributed by atoms with van der Waals surface area (Å²) in [4.78, 5) is 2.36. The molecule has 0 aliphatic carbocycles. The number of hydrogen-bond acceptors (Lipinski definition) is 3. The van der Waals surface area contributed by atoms with Crippen molar-refractivity contribution in [3.63, 3.8) is 0 Å². The number of benzene rings is 9. The Morgan fingerprint density at radius 3 is 1.66 bits per heavy atom. The molecule has 0 amide bonds. The summed E-state index contributed by atoms with van der Waals surface area (Å²) in [6, 6.07) is 56.3. The summed E-state index contributed by atoms with van der Waals surface area (Å²) < 4.78 is 13.5. The average molecular weight is 640 g/mol.